The molecule has 3 rings (SSSR count). The van der Waals surface area contributed by atoms with Gasteiger partial charge in [0, 0.05) is 6.26 Å². The van der Waals surface area contributed by atoms with E-state index in [0.29, 0.717) is 10.6 Å². The Kier molecular flexibility index (Phi) is 4.62. The number of rotatable bonds is 4. The van der Waals surface area contributed by atoms with Crippen LogP contribution in [0.15, 0.2) is 41.3 Å². The van der Waals surface area contributed by atoms with Gasteiger partial charge in [0.25, 0.3) is 0 Å². The quantitative estimate of drug-likeness (QED) is 0.758. The highest BCUT2D eigenvalue weighted by atomic mass is 32.2. The van der Waals surface area contributed by atoms with Crippen molar-refractivity contribution in [1.82, 2.24) is 4.98 Å². The average Bonchev–Trinajstić information content (AvgIpc) is 2.90. The zero-order valence-corrected chi connectivity index (χ0v) is 15.8. The van der Waals surface area contributed by atoms with Gasteiger partial charge in [-0.25, -0.2) is 13.4 Å². The van der Waals surface area contributed by atoms with Crippen LogP contribution in [0.1, 0.15) is 16.7 Å². The maximum atomic E-state index is 12.3. The molecule has 0 bridgehead atoms. The number of thiazole rings is 1. The number of fused-ring (bicyclic) bond motifs is 1. The number of aryl methyl sites for hydroxylation is 2. The fraction of sp³-hybridized carbons (Fsp3) is 0.222. The van der Waals surface area contributed by atoms with Crippen LogP contribution < -0.4 is 5.32 Å². The molecule has 1 amide bonds. The number of aromatic nitrogens is 1. The van der Waals surface area contributed by atoms with Crippen molar-refractivity contribution in [2.45, 2.75) is 25.2 Å². The number of nitrogens with one attached hydrogen (secondary N) is 1. The summed E-state index contributed by atoms with van der Waals surface area (Å²) in [6.07, 6.45) is 1.44. The highest BCUT2D eigenvalue weighted by molar-refractivity contribution is 7.90. The monoisotopic (exact) mass is 374 g/mol. The van der Waals surface area contributed by atoms with Crippen LogP contribution in [-0.2, 0) is 21.1 Å². The van der Waals surface area contributed by atoms with Gasteiger partial charge in [-0.05, 0) is 43.2 Å². The number of benzene rings is 2. The van der Waals surface area contributed by atoms with Gasteiger partial charge >= 0.3 is 0 Å². The van der Waals surface area contributed by atoms with Gasteiger partial charge in [0.1, 0.15) is 0 Å². The molecular weight excluding hydrogens is 356 g/mol. The molecule has 130 valence electrons. The van der Waals surface area contributed by atoms with Crippen LogP contribution in [0.25, 0.3) is 10.2 Å². The van der Waals surface area contributed by atoms with Crippen molar-refractivity contribution < 1.29 is 13.2 Å². The van der Waals surface area contributed by atoms with Gasteiger partial charge < -0.3 is 5.32 Å². The number of carbonyl (C=O) groups excluding carboxylic acids is 1. The first kappa shape index (κ1) is 17.6. The van der Waals surface area contributed by atoms with E-state index in [1.54, 1.807) is 12.1 Å². The van der Waals surface area contributed by atoms with Gasteiger partial charge in [0.15, 0.2) is 15.0 Å². The van der Waals surface area contributed by atoms with Crippen LogP contribution in [-0.4, -0.2) is 25.6 Å². The van der Waals surface area contributed by atoms with E-state index in [4.69, 9.17) is 0 Å². The lowest BCUT2D eigenvalue weighted by atomic mass is 10.0. The average molecular weight is 374 g/mol. The van der Waals surface area contributed by atoms with E-state index < -0.39 is 9.84 Å². The number of nitrogens with zero attached hydrogens (tertiary/aromatic N) is 1. The van der Waals surface area contributed by atoms with Crippen LogP contribution >= 0.6 is 11.3 Å². The van der Waals surface area contributed by atoms with Gasteiger partial charge in [-0.15, -0.1) is 0 Å². The van der Waals surface area contributed by atoms with Gasteiger partial charge in [-0.1, -0.05) is 35.1 Å². The Labute approximate surface area is 150 Å². The summed E-state index contributed by atoms with van der Waals surface area (Å²) >= 11 is 1.27. The van der Waals surface area contributed by atoms with Crippen LogP contribution in [0.4, 0.5) is 5.13 Å². The van der Waals surface area contributed by atoms with Crippen molar-refractivity contribution in [1.29, 1.82) is 0 Å². The molecule has 0 aliphatic carbocycles. The molecule has 0 spiro atoms. The van der Waals surface area contributed by atoms with Gasteiger partial charge in [-0.2, -0.15) is 0 Å². The Balaban J connectivity index is 1.79. The van der Waals surface area contributed by atoms with Crippen LogP contribution in [0.5, 0.6) is 0 Å². The van der Waals surface area contributed by atoms with E-state index in [0.717, 1.165) is 21.4 Å². The minimum Gasteiger partial charge on any atom is -0.302 e. The third-order valence-electron chi connectivity index (χ3n) is 3.88. The maximum Gasteiger partial charge on any atom is 0.230 e. The molecule has 1 aromatic heterocycles. The van der Waals surface area contributed by atoms with Gasteiger partial charge in [0.05, 0.1) is 21.5 Å². The summed E-state index contributed by atoms with van der Waals surface area (Å²) in [5, 5.41) is 3.27. The molecule has 0 saturated carbocycles. The van der Waals surface area contributed by atoms with Crippen molar-refractivity contribution >= 4 is 42.4 Å². The highest BCUT2D eigenvalue weighted by Crippen LogP contribution is 2.28. The Morgan fingerprint density at radius 3 is 2.60 bits per heavy atom. The smallest absolute Gasteiger partial charge is 0.230 e. The van der Waals surface area contributed by atoms with Gasteiger partial charge in [0.2, 0.25) is 5.91 Å². The topological polar surface area (TPSA) is 76.1 Å². The molecule has 0 aliphatic rings. The molecule has 0 atom stereocenters. The zero-order chi connectivity index (χ0) is 18.2. The standard InChI is InChI=1S/C18H18N2O3S2/c1-11-4-5-13(12(2)8-11)9-17(21)20-18-19-15-7-6-14(25(3,22)23)10-16(15)24-18/h4-8,10H,9H2,1-3H3,(H,19,20,21). The first-order valence-electron chi connectivity index (χ1n) is 7.69. The second-order valence-electron chi connectivity index (χ2n) is 6.08. The molecule has 7 heteroatoms. The molecule has 0 unspecified atom stereocenters. The second-order valence-corrected chi connectivity index (χ2v) is 9.12. The largest absolute Gasteiger partial charge is 0.302 e. The minimum absolute atomic E-state index is 0.144. The summed E-state index contributed by atoms with van der Waals surface area (Å²) in [4.78, 5) is 16.9. The summed E-state index contributed by atoms with van der Waals surface area (Å²) in [5.41, 5.74) is 3.88. The van der Waals surface area contributed by atoms with Crippen LogP contribution in [0.2, 0.25) is 0 Å². The van der Waals surface area contributed by atoms with Crippen molar-refractivity contribution in [3.63, 3.8) is 0 Å². The van der Waals surface area contributed by atoms with Crippen molar-refractivity contribution in [2.24, 2.45) is 0 Å². The number of amides is 1. The number of sulfone groups is 1. The lowest BCUT2D eigenvalue weighted by Crippen LogP contribution is -2.14. The molecule has 5 nitrogen and oxygen atoms in total. The normalized spacial score (nSPS) is 11.6. The fourth-order valence-corrected chi connectivity index (χ4v) is 4.21. The first-order chi connectivity index (χ1) is 11.7. The van der Waals surface area contributed by atoms with Crippen molar-refractivity contribution in [2.75, 3.05) is 11.6 Å². The number of hydrogen-bond acceptors (Lipinski definition) is 5. The molecule has 25 heavy (non-hydrogen) atoms. The summed E-state index contributed by atoms with van der Waals surface area (Å²) in [6.45, 7) is 4.00. The third kappa shape index (κ3) is 4.05. The second kappa shape index (κ2) is 6.57. The molecule has 0 fully saturated rings. The Bertz CT molecular complexity index is 1070. The zero-order valence-electron chi connectivity index (χ0n) is 14.2. The molecule has 3 aromatic rings. The van der Waals surface area contributed by atoms with E-state index in [1.807, 2.05) is 32.0 Å². The highest BCUT2D eigenvalue weighted by Gasteiger charge is 2.13. The van der Waals surface area contributed by atoms with Crippen molar-refractivity contribution in [3.8, 4) is 0 Å². The lowest BCUT2D eigenvalue weighted by Gasteiger charge is -2.06. The maximum absolute atomic E-state index is 12.3. The fourth-order valence-electron chi connectivity index (χ4n) is 2.57. The van der Waals surface area contributed by atoms with Crippen LogP contribution in [0.3, 0.4) is 0 Å². The van der Waals surface area contributed by atoms with E-state index in [2.05, 4.69) is 10.3 Å². The summed E-state index contributed by atoms with van der Waals surface area (Å²) in [5.74, 6) is -0.144. The first-order valence-corrected chi connectivity index (χ1v) is 10.4. The van der Waals surface area contributed by atoms with E-state index in [1.165, 1.54) is 23.7 Å². The Hall–Kier alpha value is -2.25. The lowest BCUT2D eigenvalue weighted by molar-refractivity contribution is -0.115. The predicted molar refractivity (Wildman–Crippen MR) is 101 cm³/mol. The summed E-state index contributed by atoms with van der Waals surface area (Å²) in [7, 11) is -3.27. The number of carbonyl (C=O) groups is 1. The molecule has 1 heterocycles. The van der Waals surface area contributed by atoms with Gasteiger partial charge in [-0.3, -0.25) is 4.79 Å². The number of anilines is 1. The Morgan fingerprint density at radius 2 is 1.92 bits per heavy atom. The number of hydrogen-bond donors (Lipinski definition) is 1. The molecular formula is C18H18N2O3S2. The molecule has 0 radical (unpaired) electrons. The SMILES string of the molecule is Cc1ccc(CC(=O)Nc2nc3ccc(S(C)(=O)=O)cc3s2)c(C)c1. The molecule has 0 saturated heterocycles. The van der Waals surface area contributed by atoms with E-state index >= 15 is 0 Å². The van der Waals surface area contributed by atoms with E-state index in [-0.39, 0.29) is 17.2 Å². The molecule has 0 aliphatic heterocycles. The summed E-state index contributed by atoms with van der Waals surface area (Å²) in [6, 6.07) is 10.8. The van der Waals surface area contributed by atoms with Crippen LogP contribution in [0, 0.1) is 13.8 Å². The summed E-state index contributed by atoms with van der Waals surface area (Å²) < 4.78 is 24.0. The minimum atomic E-state index is -3.27. The Morgan fingerprint density at radius 1 is 1.16 bits per heavy atom. The van der Waals surface area contributed by atoms with E-state index in [9.17, 15) is 13.2 Å². The predicted octanol–water partition coefficient (Wildman–Crippen LogP) is 3.50. The molecule has 1 N–H and O–H groups in total. The third-order valence-corrected chi connectivity index (χ3v) is 5.93. The van der Waals surface area contributed by atoms with Crippen molar-refractivity contribution in [3.05, 3.63) is 53.1 Å². The molecule has 2 aromatic carbocycles.